The molecule has 0 saturated carbocycles. The highest BCUT2D eigenvalue weighted by molar-refractivity contribution is 5.89. The molecule has 0 aliphatic rings. The SMILES string of the molecule is COC(=O)c1ccc(CNC(=O)CCCOc2ccccc2C)cc1. The van der Waals surface area contributed by atoms with Crippen LogP contribution >= 0.6 is 0 Å². The summed E-state index contributed by atoms with van der Waals surface area (Å²) in [6, 6.07) is 14.8. The smallest absolute Gasteiger partial charge is 0.337 e. The molecule has 0 spiro atoms. The van der Waals surface area contributed by atoms with Crippen LogP contribution in [0.15, 0.2) is 48.5 Å². The lowest BCUT2D eigenvalue weighted by molar-refractivity contribution is -0.121. The number of benzene rings is 2. The molecular weight excluding hydrogens is 318 g/mol. The van der Waals surface area contributed by atoms with E-state index in [0.29, 0.717) is 31.6 Å². The van der Waals surface area contributed by atoms with Crippen LogP contribution in [0.4, 0.5) is 0 Å². The van der Waals surface area contributed by atoms with Crippen molar-refractivity contribution in [1.82, 2.24) is 5.32 Å². The molecule has 0 radical (unpaired) electrons. The summed E-state index contributed by atoms with van der Waals surface area (Å²) in [4.78, 5) is 23.2. The zero-order chi connectivity index (χ0) is 18.1. The van der Waals surface area contributed by atoms with Crippen molar-refractivity contribution in [3.8, 4) is 5.75 Å². The Bertz CT molecular complexity index is 710. The maximum absolute atomic E-state index is 11.9. The number of esters is 1. The molecule has 2 aromatic carbocycles. The number of rotatable bonds is 8. The van der Waals surface area contributed by atoms with Crippen LogP contribution in [-0.2, 0) is 16.1 Å². The Morgan fingerprint density at radius 2 is 1.76 bits per heavy atom. The van der Waals surface area contributed by atoms with Gasteiger partial charge in [0.05, 0.1) is 19.3 Å². The molecule has 2 rings (SSSR count). The number of amides is 1. The molecule has 0 unspecified atom stereocenters. The quantitative estimate of drug-likeness (QED) is 0.591. The minimum Gasteiger partial charge on any atom is -0.493 e. The summed E-state index contributed by atoms with van der Waals surface area (Å²) >= 11 is 0. The molecule has 0 heterocycles. The van der Waals surface area contributed by atoms with E-state index < -0.39 is 0 Å². The summed E-state index contributed by atoms with van der Waals surface area (Å²) in [5, 5.41) is 2.86. The zero-order valence-electron chi connectivity index (χ0n) is 14.6. The van der Waals surface area contributed by atoms with Crippen LogP contribution in [0.25, 0.3) is 0 Å². The molecule has 0 saturated heterocycles. The second-order valence-corrected chi connectivity index (χ2v) is 5.68. The highest BCUT2D eigenvalue weighted by Crippen LogP contribution is 2.16. The molecule has 5 heteroatoms. The summed E-state index contributed by atoms with van der Waals surface area (Å²) < 4.78 is 10.3. The molecule has 0 atom stereocenters. The number of nitrogens with one attached hydrogen (secondary N) is 1. The van der Waals surface area contributed by atoms with Crippen molar-refractivity contribution >= 4 is 11.9 Å². The fourth-order valence-corrected chi connectivity index (χ4v) is 2.30. The molecule has 25 heavy (non-hydrogen) atoms. The first-order valence-corrected chi connectivity index (χ1v) is 8.22. The van der Waals surface area contributed by atoms with E-state index in [9.17, 15) is 9.59 Å². The molecule has 1 amide bonds. The van der Waals surface area contributed by atoms with Crippen molar-refractivity contribution in [2.45, 2.75) is 26.3 Å². The number of methoxy groups -OCH3 is 1. The van der Waals surface area contributed by atoms with Gasteiger partial charge in [0.25, 0.3) is 0 Å². The van der Waals surface area contributed by atoms with Gasteiger partial charge in [-0.25, -0.2) is 4.79 Å². The summed E-state index contributed by atoms with van der Waals surface area (Å²) in [5.74, 6) is 0.461. The average Bonchev–Trinajstić information content (AvgIpc) is 2.64. The number of aryl methyl sites for hydroxylation is 1. The fraction of sp³-hybridized carbons (Fsp3) is 0.300. The molecule has 5 nitrogen and oxygen atoms in total. The highest BCUT2D eigenvalue weighted by Gasteiger charge is 2.06. The molecule has 0 aliphatic carbocycles. The minimum absolute atomic E-state index is 0.0228. The van der Waals surface area contributed by atoms with Gasteiger partial charge in [-0.1, -0.05) is 30.3 Å². The van der Waals surface area contributed by atoms with Crippen molar-refractivity contribution in [1.29, 1.82) is 0 Å². The summed E-state index contributed by atoms with van der Waals surface area (Å²) in [7, 11) is 1.35. The van der Waals surface area contributed by atoms with Crippen LogP contribution in [0.5, 0.6) is 5.75 Å². The number of para-hydroxylation sites is 1. The third-order valence-corrected chi connectivity index (χ3v) is 3.76. The third kappa shape index (κ3) is 5.95. The largest absolute Gasteiger partial charge is 0.493 e. The van der Waals surface area contributed by atoms with E-state index in [1.807, 2.05) is 31.2 Å². The predicted octanol–water partition coefficient (Wildman–Crippen LogP) is 3.26. The van der Waals surface area contributed by atoms with Gasteiger partial charge in [-0.3, -0.25) is 4.79 Å². The molecule has 1 N–H and O–H groups in total. The first kappa shape index (κ1) is 18.5. The van der Waals surface area contributed by atoms with Gasteiger partial charge in [0.1, 0.15) is 5.75 Å². The Hall–Kier alpha value is -2.82. The van der Waals surface area contributed by atoms with Crippen LogP contribution in [0, 0.1) is 6.92 Å². The Morgan fingerprint density at radius 1 is 1.04 bits per heavy atom. The predicted molar refractivity (Wildman–Crippen MR) is 95.5 cm³/mol. The van der Waals surface area contributed by atoms with Gasteiger partial charge in [-0.05, 0) is 42.7 Å². The van der Waals surface area contributed by atoms with E-state index in [2.05, 4.69) is 10.1 Å². The van der Waals surface area contributed by atoms with E-state index in [0.717, 1.165) is 16.9 Å². The molecule has 0 fully saturated rings. The van der Waals surface area contributed by atoms with Gasteiger partial charge in [0.2, 0.25) is 5.91 Å². The van der Waals surface area contributed by atoms with E-state index in [1.165, 1.54) is 7.11 Å². The Kier molecular flexibility index (Phi) is 7.01. The Labute approximate surface area is 148 Å². The summed E-state index contributed by atoms with van der Waals surface area (Å²) in [5.41, 5.74) is 2.51. The molecule has 132 valence electrons. The molecule has 2 aromatic rings. The van der Waals surface area contributed by atoms with Gasteiger partial charge in [-0.15, -0.1) is 0 Å². The lowest BCUT2D eigenvalue weighted by Gasteiger charge is -2.09. The standard InChI is InChI=1S/C20H23NO4/c1-15-6-3-4-7-18(15)25-13-5-8-19(22)21-14-16-9-11-17(12-10-16)20(23)24-2/h3-4,6-7,9-12H,5,8,13-14H2,1-2H3,(H,21,22). The van der Waals surface area contributed by atoms with Gasteiger partial charge in [-0.2, -0.15) is 0 Å². The van der Waals surface area contributed by atoms with E-state index in [4.69, 9.17) is 4.74 Å². The molecular formula is C20H23NO4. The topological polar surface area (TPSA) is 64.6 Å². The van der Waals surface area contributed by atoms with E-state index in [1.54, 1.807) is 24.3 Å². The first-order chi connectivity index (χ1) is 12.1. The summed E-state index contributed by atoms with van der Waals surface area (Å²) in [6.07, 6.45) is 1.06. The van der Waals surface area contributed by atoms with Gasteiger partial charge >= 0.3 is 5.97 Å². The van der Waals surface area contributed by atoms with E-state index in [-0.39, 0.29) is 11.9 Å². The Morgan fingerprint density at radius 3 is 2.44 bits per heavy atom. The first-order valence-electron chi connectivity index (χ1n) is 8.22. The summed E-state index contributed by atoms with van der Waals surface area (Å²) in [6.45, 7) is 2.93. The number of carbonyl (C=O) groups excluding carboxylic acids is 2. The maximum Gasteiger partial charge on any atom is 0.337 e. The monoisotopic (exact) mass is 341 g/mol. The van der Waals surface area contributed by atoms with Crippen molar-refractivity contribution in [3.05, 3.63) is 65.2 Å². The van der Waals surface area contributed by atoms with Gasteiger partial charge < -0.3 is 14.8 Å². The van der Waals surface area contributed by atoms with Crippen LogP contribution in [0.3, 0.4) is 0 Å². The van der Waals surface area contributed by atoms with Crippen molar-refractivity contribution in [2.75, 3.05) is 13.7 Å². The third-order valence-electron chi connectivity index (χ3n) is 3.76. The average molecular weight is 341 g/mol. The second-order valence-electron chi connectivity index (χ2n) is 5.68. The van der Waals surface area contributed by atoms with Crippen molar-refractivity contribution < 1.29 is 19.1 Å². The number of hydrogen-bond donors (Lipinski definition) is 1. The normalized spacial score (nSPS) is 10.2. The maximum atomic E-state index is 11.9. The van der Waals surface area contributed by atoms with Gasteiger partial charge in [0, 0.05) is 13.0 Å². The van der Waals surface area contributed by atoms with Crippen LogP contribution in [0.1, 0.15) is 34.3 Å². The number of carbonyl (C=O) groups is 2. The number of ether oxygens (including phenoxy) is 2. The molecule has 0 aliphatic heterocycles. The fourth-order valence-electron chi connectivity index (χ4n) is 2.30. The zero-order valence-corrected chi connectivity index (χ0v) is 14.6. The van der Waals surface area contributed by atoms with Crippen LogP contribution in [0.2, 0.25) is 0 Å². The molecule has 0 aromatic heterocycles. The Balaban J connectivity index is 1.67. The second kappa shape index (κ2) is 9.47. The number of hydrogen-bond acceptors (Lipinski definition) is 4. The lowest BCUT2D eigenvalue weighted by Crippen LogP contribution is -2.23. The van der Waals surface area contributed by atoms with Crippen molar-refractivity contribution in [2.24, 2.45) is 0 Å². The van der Waals surface area contributed by atoms with Crippen molar-refractivity contribution in [3.63, 3.8) is 0 Å². The van der Waals surface area contributed by atoms with E-state index >= 15 is 0 Å². The van der Waals surface area contributed by atoms with Crippen LogP contribution < -0.4 is 10.1 Å². The van der Waals surface area contributed by atoms with Crippen LogP contribution in [-0.4, -0.2) is 25.6 Å². The highest BCUT2D eigenvalue weighted by atomic mass is 16.5. The van der Waals surface area contributed by atoms with Gasteiger partial charge in [0.15, 0.2) is 0 Å². The molecule has 0 bridgehead atoms. The lowest BCUT2D eigenvalue weighted by atomic mass is 10.1. The minimum atomic E-state index is -0.371.